The summed E-state index contributed by atoms with van der Waals surface area (Å²) in [4.78, 5) is 34.7. The second kappa shape index (κ2) is 6.55. The van der Waals surface area contributed by atoms with Gasteiger partial charge in [0.05, 0.1) is 11.9 Å². The zero-order chi connectivity index (χ0) is 18.1. The molecule has 0 aliphatic carbocycles. The Bertz CT molecular complexity index is 968. The van der Waals surface area contributed by atoms with Crippen molar-refractivity contribution >= 4 is 17.5 Å². The molecule has 4 heterocycles. The summed E-state index contributed by atoms with van der Waals surface area (Å²) in [5.41, 5.74) is 2.56. The SMILES string of the molecule is CNC(=O)c1cnn2c(C3CCN(C(=O)c4ccncc4)C3)ccnc12. The molecule has 26 heavy (non-hydrogen) atoms. The highest BCUT2D eigenvalue weighted by Gasteiger charge is 2.30. The molecule has 1 saturated heterocycles. The van der Waals surface area contributed by atoms with Crippen molar-refractivity contribution < 1.29 is 9.59 Å². The molecule has 0 radical (unpaired) electrons. The van der Waals surface area contributed by atoms with E-state index in [0.29, 0.717) is 29.9 Å². The van der Waals surface area contributed by atoms with E-state index in [9.17, 15) is 9.59 Å². The molecule has 1 aliphatic rings. The van der Waals surface area contributed by atoms with Crippen molar-refractivity contribution in [1.29, 1.82) is 0 Å². The Balaban J connectivity index is 1.60. The molecule has 0 spiro atoms. The Morgan fingerprint density at radius 1 is 1.19 bits per heavy atom. The highest BCUT2D eigenvalue weighted by Crippen LogP contribution is 2.28. The number of hydrogen-bond acceptors (Lipinski definition) is 5. The Kier molecular flexibility index (Phi) is 4.08. The van der Waals surface area contributed by atoms with Crippen LogP contribution in [0.3, 0.4) is 0 Å². The van der Waals surface area contributed by atoms with Gasteiger partial charge in [0.25, 0.3) is 11.8 Å². The Morgan fingerprint density at radius 2 is 2.00 bits per heavy atom. The lowest BCUT2D eigenvalue weighted by atomic mass is 10.0. The Morgan fingerprint density at radius 3 is 2.77 bits per heavy atom. The smallest absolute Gasteiger partial charge is 0.256 e. The summed E-state index contributed by atoms with van der Waals surface area (Å²) in [5, 5.41) is 6.94. The minimum Gasteiger partial charge on any atom is -0.355 e. The first-order chi connectivity index (χ1) is 12.7. The van der Waals surface area contributed by atoms with Gasteiger partial charge in [-0.1, -0.05) is 0 Å². The molecule has 1 atom stereocenters. The molecule has 3 aromatic rings. The highest BCUT2D eigenvalue weighted by atomic mass is 16.2. The molecule has 8 heteroatoms. The minimum absolute atomic E-state index is 0.00622. The number of fused-ring (bicyclic) bond motifs is 1. The maximum Gasteiger partial charge on any atom is 0.256 e. The Hall–Kier alpha value is -3.29. The van der Waals surface area contributed by atoms with Gasteiger partial charge in [-0.3, -0.25) is 14.6 Å². The van der Waals surface area contributed by atoms with E-state index >= 15 is 0 Å². The van der Waals surface area contributed by atoms with Gasteiger partial charge in [0.2, 0.25) is 0 Å². The van der Waals surface area contributed by atoms with E-state index < -0.39 is 0 Å². The molecule has 0 aromatic carbocycles. The molecule has 1 aliphatic heterocycles. The van der Waals surface area contributed by atoms with Gasteiger partial charge in [-0.15, -0.1) is 0 Å². The average Bonchev–Trinajstić information content (AvgIpc) is 3.34. The van der Waals surface area contributed by atoms with Crippen molar-refractivity contribution in [3.63, 3.8) is 0 Å². The van der Waals surface area contributed by atoms with Crippen LogP contribution in [0.4, 0.5) is 0 Å². The number of aromatic nitrogens is 4. The topological polar surface area (TPSA) is 92.5 Å². The number of carbonyl (C=O) groups is 2. The van der Waals surface area contributed by atoms with E-state index in [0.717, 1.165) is 12.1 Å². The number of hydrogen-bond donors (Lipinski definition) is 1. The van der Waals surface area contributed by atoms with Crippen LogP contribution in [0.15, 0.2) is 43.0 Å². The van der Waals surface area contributed by atoms with Crippen LogP contribution in [0.2, 0.25) is 0 Å². The lowest BCUT2D eigenvalue weighted by Crippen LogP contribution is -2.28. The average molecular weight is 350 g/mol. The van der Waals surface area contributed by atoms with Gasteiger partial charge >= 0.3 is 0 Å². The van der Waals surface area contributed by atoms with E-state index in [4.69, 9.17) is 0 Å². The predicted octanol–water partition coefficient (Wildman–Crippen LogP) is 1.11. The summed E-state index contributed by atoms with van der Waals surface area (Å²) in [5.74, 6) is -0.0685. The van der Waals surface area contributed by atoms with Gasteiger partial charge in [-0.2, -0.15) is 5.10 Å². The van der Waals surface area contributed by atoms with Gasteiger partial charge < -0.3 is 10.2 Å². The van der Waals surface area contributed by atoms with Gasteiger partial charge in [-0.05, 0) is 24.6 Å². The minimum atomic E-state index is -0.217. The van der Waals surface area contributed by atoms with Gasteiger partial charge in [0.1, 0.15) is 5.56 Å². The van der Waals surface area contributed by atoms with Crippen LogP contribution in [0.5, 0.6) is 0 Å². The zero-order valence-corrected chi connectivity index (χ0v) is 14.3. The molecular formula is C18H18N6O2. The van der Waals surface area contributed by atoms with Crippen molar-refractivity contribution in [3.05, 3.63) is 59.8 Å². The lowest BCUT2D eigenvalue weighted by Gasteiger charge is -2.17. The third kappa shape index (κ3) is 2.69. The molecule has 8 nitrogen and oxygen atoms in total. The fourth-order valence-electron chi connectivity index (χ4n) is 3.38. The van der Waals surface area contributed by atoms with Gasteiger partial charge in [0, 0.05) is 50.2 Å². The maximum absolute atomic E-state index is 12.6. The first-order valence-corrected chi connectivity index (χ1v) is 8.43. The normalized spacial score (nSPS) is 16.8. The van der Waals surface area contributed by atoms with Crippen molar-refractivity contribution in [2.75, 3.05) is 20.1 Å². The molecular weight excluding hydrogens is 332 g/mol. The summed E-state index contributed by atoms with van der Waals surface area (Å²) >= 11 is 0. The van der Waals surface area contributed by atoms with Gasteiger partial charge in [0.15, 0.2) is 5.65 Å². The first kappa shape index (κ1) is 16.2. The van der Waals surface area contributed by atoms with Crippen LogP contribution in [0.1, 0.15) is 38.7 Å². The highest BCUT2D eigenvalue weighted by molar-refractivity contribution is 5.99. The number of carbonyl (C=O) groups excluding carboxylic acids is 2. The molecule has 1 fully saturated rings. The molecule has 4 rings (SSSR count). The van der Waals surface area contributed by atoms with Gasteiger partial charge in [-0.25, -0.2) is 9.50 Å². The maximum atomic E-state index is 12.6. The second-order valence-corrected chi connectivity index (χ2v) is 6.22. The predicted molar refractivity (Wildman–Crippen MR) is 93.9 cm³/mol. The number of amides is 2. The molecule has 1 unspecified atom stereocenters. The number of pyridine rings is 1. The summed E-state index contributed by atoms with van der Waals surface area (Å²) in [6.45, 7) is 1.29. The summed E-state index contributed by atoms with van der Waals surface area (Å²) in [6, 6.07) is 5.35. The van der Waals surface area contributed by atoms with Crippen LogP contribution in [-0.4, -0.2) is 56.4 Å². The van der Waals surface area contributed by atoms with Crippen LogP contribution in [0.25, 0.3) is 5.65 Å². The van der Waals surface area contributed by atoms with Crippen molar-refractivity contribution in [3.8, 4) is 0 Å². The lowest BCUT2D eigenvalue weighted by molar-refractivity contribution is 0.0790. The molecule has 0 saturated carbocycles. The standard InChI is InChI=1S/C18H18N6O2/c1-19-17(25)14-10-22-24-15(4-8-21-16(14)24)13-5-9-23(11-13)18(26)12-2-6-20-7-3-12/h2-4,6-8,10,13H,5,9,11H2,1H3,(H,19,25). The van der Waals surface area contributed by atoms with E-state index in [1.165, 1.54) is 6.20 Å². The number of rotatable bonds is 3. The van der Waals surface area contributed by atoms with E-state index in [1.807, 2.05) is 11.0 Å². The van der Waals surface area contributed by atoms with Crippen LogP contribution < -0.4 is 5.32 Å². The number of likely N-dealkylation sites (tertiary alicyclic amines) is 1. The number of nitrogens with zero attached hydrogens (tertiary/aromatic N) is 5. The molecule has 2 amide bonds. The van der Waals surface area contributed by atoms with Crippen LogP contribution in [0, 0.1) is 0 Å². The molecule has 3 aromatic heterocycles. The van der Waals surface area contributed by atoms with Crippen LogP contribution in [-0.2, 0) is 0 Å². The third-order valence-electron chi connectivity index (χ3n) is 4.72. The fraction of sp³-hybridized carbons (Fsp3) is 0.278. The second-order valence-electron chi connectivity index (χ2n) is 6.22. The molecule has 0 bridgehead atoms. The van der Waals surface area contributed by atoms with Crippen LogP contribution >= 0.6 is 0 Å². The van der Waals surface area contributed by atoms with E-state index in [-0.39, 0.29) is 17.7 Å². The summed E-state index contributed by atoms with van der Waals surface area (Å²) in [7, 11) is 1.58. The molecule has 132 valence electrons. The summed E-state index contributed by atoms with van der Waals surface area (Å²) < 4.78 is 1.70. The Labute approximate surface area is 149 Å². The zero-order valence-electron chi connectivity index (χ0n) is 14.3. The molecule has 1 N–H and O–H groups in total. The quantitative estimate of drug-likeness (QED) is 0.764. The van der Waals surface area contributed by atoms with E-state index in [2.05, 4.69) is 20.4 Å². The van der Waals surface area contributed by atoms with Crippen molar-refractivity contribution in [1.82, 2.24) is 29.8 Å². The first-order valence-electron chi connectivity index (χ1n) is 8.43. The third-order valence-corrected chi connectivity index (χ3v) is 4.72. The van der Waals surface area contributed by atoms with Crippen molar-refractivity contribution in [2.24, 2.45) is 0 Å². The summed E-state index contributed by atoms with van der Waals surface area (Å²) in [6.07, 6.45) is 7.30. The fourth-order valence-corrected chi connectivity index (χ4v) is 3.38. The largest absolute Gasteiger partial charge is 0.355 e. The van der Waals surface area contributed by atoms with E-state index in [1.54, 1.807) is 42.3 Å². The van der Waals surface area contributed by atoms with Crippen molar-refractivity contribution in [2.45, 2.75) is 12.3 Å². The number of nitrogens with one attached hydrogen (secondary N) is 1. The monoisotopic (exact) mass is 350 g/mol.